The molecular weight excluding hydrogens is 296 g/mol. The molecule has 1 atom stereocenters. The van der Waals surface area contributed by atoms with Gasteiger partial charge in [-0.2, -0.15) is 5.10 Å². The van der Waals surface area contributed by atoms with Gasteiger partial charge in [-0.1, -0.05) is 0 Å². The Labute approximate surface area is 134 Å². The number of nitrogens with zero attached hydrogens (tertiary/aromatic N) is 4. The molecule has 1 aromatic heterocycles. The van der Waals surface area contributed by atoms with Gasteiger partial charge in [-0.05, 0) is 19.3 Å². The molecule has 1 saturated carbocycles. The van der Waals surface area contributed by atoms with Gasteiger partial charge in [0.05, 0.1) is 18.0 Å². The smallest absolute Gasteiger partial charge is 0.227 e. The topological polar surface area (TPSA) is 78.7 Å². The number of hydrogen-bond acceptors (Lipinski definition) is 4. The lowest BCUT2D eigenvalue weighted by molar-refractivity contribution is -0.141. The van der Waals surface area contributed by atoms with E-state index >= 15 is 0 Å². The van der Waals surface area contributed by atoms with E-state index < -0.39 is 0 Å². The number of anilines is 1. The standard InChI is InChI=1S/C16H22N4O3/c1-18-8-12(7-17-18)20-10-16(6-14(20)22)2-3-19(9-16)15(23)11-4-13(21)5-11/h7-8,11,13,21H,2-6,9-10H2,1H3. The van der Waals surface area contributed by atoms with Gasteiger partial charge >= 0.3 is 0 Å². The summed E-state index contributed by atoms with van der Waals surface area (Å²) in [5, 5.41) is 13.5. The van der Waals surface area contributed by atoms with Crippen molar-refractivity contribution in [1.82, 2.24) is 14.7 Å². The average molecular weight is 318 g/mol. The maximum atomic E-state index is 12.5. The van der Waals surface area contributed by atoms with Crippen LogP contribution in [0.15, 0.2) is 12.4 Å². The lowest BCUT2D eigenvalue weighted by atomic mass is 9.81. The first kappa shape index (κ1) is 14.7. The molecule has 1 spiro atoms. The second-order valence-electron chi connectivity index (χ2n) is 7.36. The fourth-order valence-electron chi connectivity index (χ4n) is 4.12. The summed E-state index contributed by atoms with van der Waals surface area (Å²) in [6, 6.07) is 0. The Balaban J connectivity index is 1.44. The SMILES string of the molecule is Cn1cc(N2CC3(CCN(C(=O)C4CC(O)C4)C3)CC2=O)cn1. The molecule has 124 valence electrons. The van der Waals surface area contributed by atoms with Gasteiger partial charge < -0.3 is 14.9 Å². The summed E-state index contributed by atoms with van der Waals surface area (Å²) in [6.45, 7) is 2.04. The molecule has 2 amide bonds. The van der Waals surface area contributed by atoms with Crippen molar-refractivity contribution in [3.05, 3.63) is 12.4 Å². The maximum Gasteiger partial charge on any atom is 0.227 e. The van der Waals surface area contributed by atoms with Gasteiger partial charge in [0, 0.05) is 50.6 Å². The van der Waals surface area contributed by atoms with Crippen LogP contribution in [0, 0.1) is 11.3 Å². The van der Waals surface area contributed by atoms with Crippen LogP contribution in [0.4, 0.5) is 5.69 Å². The predicted molar refractivity (Wildman–Crippen MR) is 82.5 cm³/mol. The highest BCUT2D eigenvalue weighted by molar-refractivity contribution is 5.96. The van der Waals surface area contributed by atoms with E-state index in [0.717, 1.165) is 18.7 Å². The highest BCUT2D eigenvalue weighted by atomic mass is 16.3. The Morgan fingerprint density at radius 3 is 2.83 bits per heavy atom. The number of aryl methyl sites for hydroxylation is 1. The molecule has 4 rings (SSSR count). The fourth-order valence-corrected chi connectivity index (χ4v) is 4.12. The second-order valence-corrected chi connectivity index (χ2v) is 7.36. The summed E-state index contributed by atoms with van der Waals surface area (Å²) in [5.74, 6) is 0.248. The number of likely N-dealkylation sites (tertiary alicyclic amines) is 1. The van der Waals surface area contributed by atoms with Gasteiger partial charge in [0.15, 0.2) is 0 Å². The van der Waals surface area contributed by atoms with E-state index in [1.807, 2.05) is 18.1 Å². The van der Waals surface area contributed by atoms with Crippen molar-refractivity contribution in [2.45, 2.75) is 31.8 Å². The van der Waals surface area contributed by atoms with Crippen LogP contribution in [0.2, 0.25) is 0 Å². The van der Waals surface area contributed by atoms with Crippen LogP contribution in [0.3, 0.4) is 0 Å². The minimum atomic E-state index is -0.311. The van der Waals surface area contributed by atoms with Crippen molar-refractivity contribution in [2.24, 2.45) is 18.4 Å². The van der Waals surface area contributed by atoms with Crippen LogP contribution >= 0.6 is 0 Å². The minimum absolute atomic E-state index is 0.0216. The van der Waals surface area contributed by atoms with E-state index in [9.17, 15) is 14.7 Å². The summed E-state index contributed by atoms with van der Waals surface area (Å²) in [4.78, 5) is 28.6. The van der Waals surface area contributed by atoms with E-state index in [1.54, 1.807) is 15.8 Å². The summed E-state index contributed by atoms with van der Waals surface area (Å²) in [7, 11) is 1.84. The zero-order chi connectivity index (χ0) is 16.2. The lowest BCUT2D eigenvalue weighted by Crippen LogP contribution is -2.43. The normalized spacial score (nSPS) is 33.6. The summed E-state index contributed by atoms with van der Waals surface area (Å²) in [6.07, 6.45) is 5.80. The van der Waals surface area contributed by atoms with Gasteiger partial charge in [-0.25, -0.2) is 0 Å². The summed E-state index contributed by atoms with van der Waals surface area (Å²) in [5.41, 5.74) is 0.714. The van der Waals surface area contributed by atoms with Crippen molar-refractivity contribution in [2.75, 3.05) is 24.5 Å². The first-order valence-corrected chi connectivity index (χ1v) is 8.22. The molecule has 0 aromatic carbocycles. The molecule has 1 aromatic rings. The quantitative estimate of drug-likeness (QED) is 0.842. The monoisotopic (exact) mass is 318 g/mol. The minimum Gasteiger partial charge on any atom is -0.393 e. The summed E-state index contributed by atoms with van der Waals surface area (Å²) < 4.78 is 1.69. The first-order valence-electron chi connectivity index (χ1n) is 8.22. The molecular formula is C16H22N4O3. The van der Waals surface area contributed by atoms with E-state index in [1.165, 1.54) is 0 Å². The Kier molecular flexibility index (Phi) is 3.23. The Hall–Kier alpha value is -1.89. The molecule has 7 heteroatoms. The number of amides is 2. The largest absolute Gasteiger partial charge is 0.393 e. The molecule has 1 unspecified atom stereocenters. The third kappa shape index (κ3) is 2.43. The molecule has 1 N–H and O–H groups in total. The molecule has 0 radical (unpaired) electrons. The van der Waals surface area contributed by atoms with E-state index in [2.05, 4.69) is 5.10 Å². The second kappa shape index (κ2) is 5.06. The Morgan fingerprint density at radius 1 is 1.39 bits per heavy atom. The van der Waals surface area contributed by atoms with Gasteiger partial charge in [0.2, 0.25) is 11.8 Å². The van der Waals surface area contributed by atoms with E-state index in [0.29, 0.717) is 32.4 Å². The molecule has 0 bridgehead atoms. The number of rotatable bonds is 2. The van der Waals surface area contributed by atoms with Crippen LogP contribution in [0.25, 0.3) is 0 Å². The highest BCUT2D eigenvalue weighted by Gasteiger charge is 2.50. The van der Waals surface area contributed by atoms with Crippen molar-refractivity contribution in [1.29, 1.82) is 0 Å². The maximum absolute atomic E-state index is 12.5. The van der Waals surface area contributed by atoms with Gasteiger partial charge in [-0.3, -0.25) is 14.3 Å². The zero-order valence-electron chi connectivity index (χ0n) is 13.3. The van der Waals surface area contributed by atoms with Gasteiger partial charge in [0.25, 0.3) is 0 Å². The van der Waals surface area contributed by atoms with Crippen molar-refractivity contribution in [3.8, 4) is 0 Å². The molecule has 3 fully saturated rings. The van der Waals surface area contributed by atoms with E-state index in [-0.39, 0.29) is 29.3 Å². The van der Waals surface area contributed by atoms with Crippen LogP contribution in [-0.4, -0.2) is 57.3 Å². The molecule has 23 heavy (non-hydrogen) atoms. The van der Waals surface area contributed by atoms with Crippen molar-refractivity contribution in [3.63, 3.8) is 0 Å². The molecule has 3 heterocycles. The number of aliphatic hydroxyl groups excluding tert-OH is 1. The number of hydrogen-bond donors (Lipinski definition) is 1. The van der Waals surface area contributed by atoms with Crippen LogP contribution in [0.1, 0.15) is 25.7 Å². The van der Waals surface area contributed by atoms with Crippen LogP contribution in [0.5, 0.6) is 0 Å². The zero-order valence-corrected chi connectivity index (χ0v) is 13.3. The number of aliphatic hydroxyl groups is 1. The van der Waals surface area contributed by atoms with Crippen molar-refractivity contribution >= 4 is 17.5 Å². The molecule has 3 aliphatic rings. The lowest BCUT2D eigenvalue weighted by Gasteiger charge is -2.34. The highest BCUT2D eigenvalue weighted by Crippen LogP contribution is 2.43. The fraction of sp³-hybridized carbons (Fsp3) is 0.688. The third-order valence-electron chi connectivity index (χ3n) is 5.54. The van der Waals surface area contributed by atoms with E-state index in [4.69, 9.17) is 0 Å². The van der Waals surface area contributed by atoms with Crippen LogP contribution in [-0.2, 0) is 16.6 Å². The molecule has 1 aliphatic carbocycles. The molecule has 2 aliphatic heterocycles. The first-order chi connectivity index (χ1) is 11.0. The Morgan fingerprint density at radius 2 is 2.17 bits per heavy atom. The predicted octanol–water partition coefficient (Wildman–Crippen LogP) is 0.146. The summed E-state index contributed by atoms with van der Waals surface area (Å²) >= 11 is 0. The molecule has 7 nitrogen and oxygen atoms in total. The average Bonchev–Trinajstić information content (AvgIpc) is 3.15. The van der Waals surface area contributed by atoms with Gasteiger partial charge in [-0.15, -0.1) is 0 Å². The third-order valence-corrected chi connectivity index (χ3v) is 5.54. The van der Waals surface area contributed by atoms with Crippen LogP contribution < -0.4 is 4.90 Å². The number of carbonyl (C=O) groups excluding carboxylic acids is 2. The molecule has 2 saturated heterocycles. The van der Waals surface area contributed by atoms with Gasteiger partial charge in [0.1, 0.15) is 0 Å². The Bertz CT molecular complexity index is 652. The number of carbonyl (C=O) groups is 2. The number of aromatic nitrogens is 2. The van der Waals surface area contributed by atoms with Crippen molar-refractivity contribution < 1.29 is 14.7 Å².